The fraction of sp³-hybridized carbons (Fsp3) is 0.217. The summed E-state index contributed by atoms with van der Waals surface area (Å²) in [5.74, 6) is -0.905. The number of aliphatic hydroxyl groups excluding tert-OH is 1. The van der Waals surface area contributed by atoms with Crippen LogP contribution in [0.1, 0.15) is 22.8 Å². The van der Waals surface area contributed by atoms with Crippen molar-refractivity contribution in [1.29, 1.82) is 0 Å². The third kappa shape index (κ3) is 5.78. The summed E-state index contributed by atoms with van der Waals surface area (Å²) in [7, 11) is 1.33. The van der Waals surface area contributed by atoms with Crippen molar-refractivity contribution in [1.82, 2.24) is 10.3 Å². The Morgan fingerprint density at radius 2 is 1.82 bits per heavy atom. The highest BCUT2D eigenvalue weighted by Crippen LogP contribution is 2.38. The van der Waals surface area contributed by atoms with E-state index in [9.17, 15) is 22.4 Å². The highest BCUT2D eigenvalue weighted by molar-refractivity contribution is 5.96. The second-order valence-electron chi connectivity index (χ2n) is 7.10. The molecular weight excluding hydrogens is 444 g/mol. The molecule has 0 aliphatic carbocycles. The number of amides is 1. The van der Waals surface area contributed by atoms with Crippen LogP contribution in [0.3, 0.4) is 0 Å². The van der Waals surface area contributed by atoms with Crippen LogP contribution in [0.5, 0.6) is 17.4 Å². The van der Waals surface area contributed by atoms with Gasteiger partial charge < -0.3 is 19.9 Å². The maximum absolute atomic E-state index is 13.7. The molecule has 10 heteroatoms. The first-order valence-corrected chi connectivity index (χ1v) is 9.73. The number of halogens is 4. The largest absolute Gasteiger partial charge is 0.496 e. The number of methoxy groups -OCH3 is 1. The first-order chi connectivity index (χ1) is 15.6. The van der Waals surface area contributed by atoms with Crippen molar-refractivity contribution >= 4 is 5.91 Å². The average Bonchev–Trinajstić information content (AvgIpc) is 2.79. The van der Waals surface area contributed by atoms with E-state index in [0.29, 0.717) is 5.56 Å². The van der Waals surface area contributed by atoms with Gasteiger partial charge in [-0.25, -0.2) is 9.37 Å². The third-order valence-corrected chi connectivity index (χ3v) is 4.61. The second-order valence-corrected chi connectivity index (χ2v) is 7.10. The first kappa shape index (κ1) is 24.0. The molecule has 0 saturated carbocycles. The van der Waals surface area contributed by atoms with Crippen LogP contribution >= 0.6 is 0 Å². The molecule has 0 saturated heterocycles. The van der Waals surface area contributed by atoms with E-state index in [4.69, 9.17) is 14.6 Å². The van der Waals surface area contributed by atoms with Gasteiger partial charge in [-0.1, -0.05) is 0 Å². The number of alkyl halides is 3. The number of benzene rings is 2. The van der Waals surface area contributed by atoms with Crippen molar-refractivity contribution < 1.29 is 36.9 Å². The molecule has 6 nitrogen and oxygen atoms in total. The minimum Gasteiger partial charge on any atom is -0.496 e. The molecule has 3 aromatic rings. The van der Waals surface area contributed by atoms with Gasteiger partial charge in [0.05, 0.1) is 24.8 Å². The first-order valence-electron chi connectivity index (χ1n) is 9.73. The van der Waals surface area contributed by atoms with Crippen molar-refractivity contribution in [3.8, 4) is 28.5 Å². The summed E-state index contributed by atoms with van der Waals surface area (Å²) < 4.78 is 63.2. The van der Waals surface area contributed by atoms with Crippen LogP contribution in [-0.2, 0) is 6.18 Å². The lowest BCUT2D eigenvalue weighted by Crippen LogP contribution is -2.35. The van der Waals surface area contributed by atoms with Gasteiger partial charge in [0.2, 0.25) is 5.88 Å². The Morgan fingerprint density at radius 3 is 2.42 bits per heavy atom. The molecule has 0 aliphatic rings. The van der Waals surface area contributed by atoms with E-state index in [-0.39, 0.29) is 35.1 Å². The summed E-state index contributed by atoms with van der Waals surface area (Å²) in [5, 5.41) is 11.7. The number of carbonyl (C=O) groups is 1. The van der Waals surface area contributed by atoms with Gasteiger partial charge >= 0.3 is 6.18 Å². The Morgan fingerprint density at radius 1 is 1.12 bits per heavy atom. The van der Waals surface area contributed by atoms with Gasteiger partial charge in [-0.2, -0.15) is 13.2 Å². The molecule has 3 rings (SSSR count). The summed E-state index contributed by atoms with van der Waals surface area (Å²) in [6.45, 7) is 1.34. The average molecular weight is 464 g/mol. The number of carbonyl (C=O) groups excluding carboxylic acids is 1. The molecule has 1 atom stereocenters. The fourth-order valence-electron chi connectivity index (χ4n) is 2.91. The normalized spacial score (nSPS) is 12.2. The van der Waals surface area contributed by atoms with Crippen molar-refractivity contribution in [2.45, 2.75) is 19.1 Å². The fourth-order valence-corrected chi connectivity index (χ4v) is 2.91. The number of aliphatic hydroxyl groups is 1. The van der Waals surface area contributed by atoms with Crippen LogP contribution < -0.4 is 14.8 Å². The molecule has 0 fully saturated rings. The quantitative estimate of drug-likeness (QED) is 0.490. The summed E-state index contributed by atoms with van der Waals surface area (Å²) in [6.07, 6.45) is -3.28. The molecule has 174 valence electrons. The van der Waals surface area contributed by atoms with Gasteiger partial charge in [0.1, 0.15) is 17.3 Å². The van der Waals surface area contributed by atoms with E-state index < -0.39 is 29.5 Å². The van der Waals surface area contributed by atoms with Crippen molar-refractivity contribution in [3.63, 3.8) is 0 Å². The Balaban J connectivity index is 2.05. The van der Waals surface area contributed by atoms with Crippen LogP contribution in [0.4, 0.5) is 17.6 Å². The number of nitrogens with zero attached hydrogens (tertiary/aromatic N) is 1. The van der Waals surface area contributed by atoms with Gasteiger partial charge in [-0.3, -0.25) is 4.79 Å². The zero-order valence-electron chi connectivity index (χ0n) is 17.6. The van der Waals surface area contributed by atoms with E-state index in [1.807, 2.05) is 0 Å². The lowest BCUT2D eigenvalue weighted by Gasteiger charge is -2.16. The number of nitrogens with one attached hydrogen (secondary N) is 1. The van der Waals surface area contributed by atoms with E-state index in [1.165, 1.54) is 31.5 Å². The Kier molecular flexibility index (Phi) is 7.17. The highest BCUT2D eigenvalue weighted by atomic mass is 19.4. The Labute approximate surface area is 186 Å². The zero-order chi connectivity index (χ0) is 24.2. The molecule has 0 unspecified atom stereocenters. The molecule has 1 aromatic heterocycles. The smallest absolute Gasteiger partial charge is 0.416 e. The molecular formula is C23H20F4N2O4. The van der Waals surface area contributed by atoms with Crippen molar-refractivity contribution in [2.24, 2.45) is 0 Å². The van der Waals surface area contributed by atoms with Crippen LogP contribution in [0, 0.1) is 5.82 Å². The lowest BCUT2D eigenvalue weighted by atomic mass is 10.0. The molecule has 33 heavy (non-hydrogen) atoms. The predicted molar refractivity (Wildman–Crippen MR) is 112 cm³/mol. The van der Waals surface area contributed by atoms with Crippen molar-refractivity contribution in [2.75, 3.05) is 13.7 Å². The SMILES string of the molecule is COc1cc(F)ccc1-c1cc(C(=O)N[C@H](C)CO)cnc1Oc1ccc(C(F)(F)F)cc1. The molecule has 2 aromatic carbocycles. The minimum absolute atomic E-state index is 0.0357. The zero-order valence-corrected chi connectivity index (χ0v) is 17.6. The molecule has 0 spiro atoms. The topological polar surface area (TPSA) is 80.7 Å². The molecule has 0 radical (unpaired) electrons. The van der Waals surface area contributed by atoms with E-state index in [2.05, 4.69) is 10.3 Å². The summed E-state index contributed by atoms with van der Waals surface area (Å²) in [6, 6.07) is 8.66. The molecule has 0 aliphatic heterocycles. The van der Waals surface area contributed by atoms with E-state index >= 15 is 0 Å². The maximum Gasteiger partial charge on any atom is 0.416 e. The van der Waals surface area contributed by atoms with Gasteiger partial charge in [0.25, 0.3) is 5.91 Å². The number of ether oxygens (including phenoxy) is 2. The summed E-state index contributed by atoms with van der Waals surface area (Å²) in [4.78, 5) is 16.7. The highest BCUT2D eigenvalue weighted by Gasteiger charge is 2.30. The number of hydrogen-bond donors (Lipinski definition) is 2. The van der Waals surface area contributed by atoms with Gasteiger partial charge in [-0.15, -0.1) is 0 Å². The van der Waals surface area contributed by atoms with Crippen LogP contribution in [0.15, 0.2) is 54.7 Å². The Hall–Kier alpha value is -3.66. The third-order valence-electron chi connectivity index (χ3n) is 4.61. The van der Waals surface area contributed by atoms with Crippen LogP contribution in [0.2, 0.25) is 0 Å². The number of rotatable bonds is 7. The molecule has 1 amide bonds. The summed E-state index contributed by atoms with van der Waals surface area (Å²) >= 11 is 0. The van der Waals surface area contributed by atoms with Gasteiger partial charge in [0.15, 0.2) is 0 Å². The standard InChI is InChI=1S/C23H20F4N2O4/c1-13(12-30)29-21(31)14-9-19(18-8-5-16(24)10-20(18)32-2)22(28-11-14)33-17-6-3-15(4-7-17)23(25,26)27/h3-11,13,30H,12H2,1-2H3,(H,29,31)/t13-/m1/s1. The minimum atomic E-state index is -4.50. The van der Waals surface area contributed by atoms with E-state index in [0.717, 1.165) is 30.3 Å². The van der Waals surface area contributed by atoms with Crippen LogP contribution in [-0.4, -0.2) is 35.8 Å². The maximum atomic E-state index is 13.7. The molecule has 2 N–H and O–H groups in total. The second kappa shape index (κ2) is 9.86. The number of pyridine rings is 1. The molecule has 1 heterocycles. The predicted octanol–water partition coefficient (Wildman–Crippen LogP) is 4.82. The number of hydrogen-bond acceptors (Lipinski definition) is 5. The molecule has 0 bridgehead atoms. The lowest BCUT2D eigenvalue weighted by molar-refractivity contribution is -0.137. The monoisotopic (exact) mass is 464 g/mol. The van der Waals surface area contributed by atoms with Gasteiger partial charge in [-0.05, 0) is 49.4 Å². The van der Waals surface area contributed by atoms with Crippen molar-refractivity contribution in [3.05, 3.63) is 71.7 Å². The van der Waals surface area contributed by atoms with Crippen LogP contribution in [0.25, 0.3) is 11.1 Å². The Bertz CT molecular complexity index is 1130. The summed E-state index contributed by atoms with van der Waals surface area (Å²) in [5.41, 5.74) is -0.126. The van der Waals surface area contributed by atoms with E-state index in [1.54, 1.807) is 6.92 Å². The van der Waals surface area contributed by atoms with Gasteiger partial charge in [0, 0.05) is 29.4 Å². The number of aromatic nitrogens is 1.